The zero-order valence-electron chi connectivity index (χ0n) is 6.70. The van der Waals surface area contributed by atoms with Crippen molar-refractivity contribution >= 4 is 12.3 Å². The standard InChI is InChI=1S/C7H13NO3/c1-7(2,4-9)3-5(8)6(10)11/h4-5H,3,8H2,1-2H3,(H,10,11). The fourth-order valence-electron chi connectivity index (χ4n) is 0.702. The summed E-state index contributed by atoms with van der Waals surface area (Å²) in [6.45, 7) is 3.31. The molecule has 0 aliphatic heterocycles. The Bertz CT molecular complexity index is 165. The molecule has 11 heavy (non-hydrogen) atoms. The third-order valence-electron chi connectivity index (χ3n) is 1.38. The number of nitrogens with two attached hydrogens (primary N) is 1. The number of aldehydes is 1. The molecule has 0 aliphatic carbocycles. The molecule has 64 valence electrons. The molecule has 0 rings (SSSR count). The highest BCUT2D eigenvalue weighted by Gasteiger charge is 2.24. The maximum Gasteiger partial charge on any atom is 0.320 e. The van der Waals surface area contributed by atoms with Crippen molar-refractivity contribution in [2.24, 2.45) is 11.1 Å². The van der Waals surface area contributed by atoms with Gasteiger partial charge in [0.2, 0.25) is 0 Å². The first-order valence-corrected chi connectivity index (χ1v) is 3.34. The van der Waals surface area contributed by atoms with Crippen molar-refractivity contribution in [1.82, 2.24) is 0 Å². The van der Waals surface area contributed by atoms with Crippen molar-refractivity contribution in [1.29, 1.82) is 0 Å². The van der Waals surface area contributed by atoms with Gasteiger partial charge in [0.25, 0.3) is 0 Å². The van der Waals surface area contributed by atoms with Gasteiger partial charge in [-0.3, -0.25) is 4.79 Å². The Morgan fingerprint density at radius 2 is 2.18 bits per heavy atom. The van der Waals surface area contributed by atoms with E-state index in [1.54, 1.807) is 13.8 Å². The first-order valence-electron chi connectivity index (χ1n) is 3.34. The molecule has 0 bridgehead atoms. The monoisotopic (exact) mass is 159 g/mol. The van der Waals surface area contributed by atoms with Crippen molar-refractivity contribution < 1.29 is 14.7 Å². The largest absolute Gasteiger partial charge is 0.480 e. The summed E-state index contributed by atoms with van der Waals surface area (Å²) in [6, 6.07) is -0.949. The smallest absolute Gasteiger partial charge is 0.320 e. The van der Waals surface area contributed by atoms with Crippen LogP contribution in [0.3, 0.4) is 0 Å². The van der Waals surface area contributed by atoms with Crippen LogP contribution in [-0.2, 0) is 9.59 Å². The van der Waals surface area contributed by atoms with Gasteiger partial charge in [0.1, 0.15) is 12.3 Å². The van der Waals surface area contributed by atoms with Crippen LogP contribution in [0.2, 0.25) is 0 Å². The highest BCUT2D eigenvalue weighted by atomic mass is 16.4. The molecule has 0 fully saturated rings. The number of hydrogen-bond donors (Lipinski definition) is 2. The van der Waals surface area contributed by atoms with Gasteiger partial charge >= 0.3 is 5.97 Å². The molecular weight excluding hydrogens is 146 g/mol. The number of carboxylic acids is 1. The lowest BCUT2D eigenvalue weighted by atomic mass is 9.88. The lowest BCUT2D eigenvalue weighted by Crippen LogP contribution is -2.35. The molecular formula is C7H13NO3. The maximum atomic E-state index is 10.3. The number of carbonyl (C=O) groups excluding carboxylic acids is 1. The molecule has 0 aromatic rings. The summed E-state index contributed by atoms with van der Waals surface area (Å²) in [4.78, 5) is 20.6. The topological polar surface area (TPSA) is 80.4 Å². The van der Waals surface area contributed by atoms with Gasteiger partial charge in [-0.25, -0.2) is 0 Å². The molecule has 0 aromatic carbocycles. The summed E-state index contributed by atoms with van der Waals surface area (Å²) in [7, 11) is 0. The summed E-state index contributed by atoms with van der Waals surface area (Å²) in [5, 5.41) is 8.40. The zero-order valence-corrected chi connectivity index (χ0v) is 6.70. The fraction of sp³-hybridized carbons (Fsp3) is 0.714. The highest BCUT2D eigenvalue weighted by molar-refractivity contribution is 5.74. The number of rotatable bonds is 4. The van der Waals surface area contributed by atoms with E-state index in [-0.39, 0.29) is 6.42 Å². The van der Waals surface area contributed by atoms with Gasteiger partial charge in [-0.05, 0) is 6.42 Å². The molecule has 1 atom stereocenters. The van der Waals surface area contributed by atoms with E-state index >= 15 is 0 Å². The van der Waals surface area contributed by atoms with Crippen LogP contribution in [0.25, 0.3) is 0 Å². The predicted molar refractivity (Wildman–Crippen MR) is 40.1 cm³/mol. The second-order valence-electron chi connectivity index (χ2n) is 3.26. The zero-order chi connectivity index (χ0) is 9.07. The average molecular weight is 159 g/mol. The summed E-state index contributed by atoms with van der Waals surface area (Å²) in [5.74, 6) is -1.07. The molecule has 4 heteroatoms. The van der Waals surface area contributed by atoms with E-state index in [1.165, 1.54) is 0 Å². The third kappa shape index (κ3) is 3.72. The lowest BCUT2D eigenvalue weighted by Gasteiger charge is -2.18. The molecule has 1 unspecified atom stereocenters. The van der Waals surface area contributed by atoms with Gasteiger partial charge in [0, 0.05) is 5.41 Å². The van der Waals surface area contributed by atoms with E-state index < -0.39 is 17.4 Å². The SMILES string of the molecule is CC(C)(C=O)CC(N)C(=O)O. The van der Waals surface area contributed by atoms with Gasteiger partial charge in [-0.15, -0.1) is 0 Å². The Morgan fingerprint density at radius 3 is 2.45 bits per heavy atom. The molecule has 4 nitrogen and oxygen atoms in total. The van der Waals surface area contributed by atoms with Gasteiger partial charge < -0.3 is 15.6 Å². The van der Waals surface area contributed by atoms with Crippen LogP contribution in [0.4, 0.5) is 0 Å². The quantitative estimate of drug-likeness (QED) is 0.566. The Labute approximate surface area is 65.4 Å². The van der Waals surface area contributed by atoms with Crippen LogP contribution in [0.1, 0.15) is 20.3 Å². The van der Waals surface area contributed by atoms with E-state index in [2.05, 4.69) is 0 Å². The lowest BCUT2D eigenvalue weighted by molar-refractivity contribution is -0.139. The van der Waals surface area contributed by atoms with Crippen molar-refractivity contribution in [2.75, 3.05) is 0 Å². The number of aliphatic carboxylic acids is 1. The van der Waals surface area contributed by atoms with E-state index in [0.717, 1.165) is 6.29 Å². The van der Waals surface area contributed by atoms with E-state index in [0.29, 0.717) is 0 Å². The van der Waals surface area contributed by atoms with Crippen LogP contribution in [0, 0.1) is 5.41 Å². The summed E-state index contributed by atoms with van der Waals surface area (Å²) >= 11 is 0. The van der Waals surface area contributed by atoms with Crippen molar-refractivity contribution in [2.45, 2.75) is 26.3 Å². The molecule has 0 amide bonds. The minimum absolute atomic E-state index is 0.172. The molecule has 0 aliphatic rings. The Balaban J connectivity index is 4.03. The Morgan fingerprint density at radius 1 is 1.73 bits per heavy atom. The number of carboxylic acid groups (broad SMARTS) is 1. The second kappa shape index (κ2) is 3.48. The molecule has 0 spiro atoms. The fourth-order valence-corrected chi connectivity index (χ4v) is 0.702. The van der Waals surface area contributed by atoms with E-state index in [4.69, 9.17) is 10.8 Å². The summed E-state index contributed by atoms with van der Waals surface area (Å²) < 4.78 is 0. The predicted octanol–water partition coefficient (Wildman–Crippen LogP) is 0.0135. The van der Waals surface area contributed by atoms with Gasteiger partial charge in [0.05, 0.1) is 0 Å². The molecule has 0 aromatic heterocycles. The maximum absolute atomic E-state index is 10.3. The van der Waals surface area contributed by atoms with Gasteiger partial charge in [-0.1, -0.05) is 13.8 Å². The van der Waals surface area contributed by atoms with E-state index in [9.17, 15) is 9.59 Å². The molecule has 0 radical (unpaired) electrons. The van der Waals surface area contributed by atoms with Crippen molar-refractivity contribution in [3.8, 4) is 0 Å². The van der Waals surface area contributed by atoms with Gasteiger partial charge in [-0.2, -0.15) is 0 Å². The van der Waals surface area contributed by atoms with Crippen LogP contribution in [0.15, 0.2) is 0 Å². The first-order chi connectivity index (χ1) is 4.89. The minimum atomic E-state index is -1.07. The number of carbonyl (C=O) groups is 2. The molecule has 0 saturated carbocycles. The van der Waals surface area contributed by atoms with Crippen molar-refractivity contribution in [3.63, 3.8) is 0 Å². The first kappa shape index (κ1) is 10.1. The van der Waals surface area contributed by atoms with Crippen LogP contribution in [0.5, 0.6) is 0 Å². The van der Waals surface area contributed by atoms with Crippen molar-refractivity contribution in [3.05, 3.63) is 0 Å². The van der Waals surface area contributed by atoms with Crippen LogP contribution < -0.4 is 5.73 Å². The Kier molecular flexibility index (Phi) is 3.19. The number of hydrogen-bond acceptors (Lipinski definition) is 3. The average Bonchev–Trinajstić information content (AvgIpc) is 1.87. The highest BCUT2D eigenvalue weighted by Crippen LogP contribution is 2.17. The molecule has 0 saturated heterocycles. The van der Waals surface area contributed by atoms with Crippen LogP contribution >= 0.6 is 0 Å². The minimum Gasteiger partial charge on any atom is -0.480 e. The molecule has 0 heterocycles. The van der Waals surface area contributed by atoms with Gasteiger partial charge in [0.15, 0.2) is 0 Å². The summed E-state index contributed by atoms with van der Waals surface area (Å²) in [6.07, 6.45) is 0.891. The Hall–Kier alpha value is -0.900. The second-order valence-corrected chi connectivity index (χ2v) is 3.26. The third-order valence-corrected chi connectivity index (χ3v) is 1.38. The normalized spacial score (nSPS) is 14.1. The van der Waals surface area contributed by atoms with E-state index in [1.807, 2.05) is 0 Å². The van der Waals surface area contributed by atoms with Crippen LogP contribution in [-0.4, -0.2) is 23.4 Å². The summed E-state index contributed by atoms with van der Waals surface area (Å²) in [5.41, 5.74) is 4.58. The molecule has 3 N–H and O–H groups in total.